The maximum atomic E-state index is 12.8. The summed E-state index contributed by atoms with van der Waals surface area (Å²) in [5.74, 6) is -0.148. The second-order valence-corrected chi connectivity index (χ2v) is 6.99. The molecule has 1 amide bonds. The first-order valence-corrected chi connectivity index (χ1v) is 9.38. The lowest BCUT2D eigenvalue weighted by Gasteiger charge is -2.10. The molecular formula is C22H21N5O2. The molecular weight excluding hydrogens is 366 g/mol. The van der Waals surface area contributed by atoms with Crippen molar-refractivity contribution in [1.29, 1.82) is 0 Å². The molecule has 0 aliphatic heterocycles. The van der Waals surface area contributed by atoms with Crippen molar-refractivity contribution in [3.63, 3.8) is 0 Å². The topological polar surface area (TPSA) is 81.8 Å². The number of hydrogen-bond acceptors (Lipinski definition) is 4. The van der Waals surface area contributed by atoms with Gasteiger partial charge in [0.2, 0.25) is 5.91 Å². The Balaban J connectivity index is 1.52. The number of aryl methyl sites for hydroxylation is 3. The van der Waals surface area contributed by atoms with E-state index in [-0.39, 0.29) is 24.4 Å². The Bertz CT molecular complexity index is 1240. The number of rotatable bonds is 5. The number of carbonyl (C=O) groups excluding carboxylic acids is 1. The Morgan fingerprint density at radius 3 is 2.69 bits per heavy atom. The zero-order chi connectivity index (χ0) is 20.4. The van der Waals surface area contributed by atoms with E-state index in [1.807, 2.05) is 62.4 Å². The minimum atomic E-state index is -0.211. The van der Waals surface area contributed by atoms with E-state index in [2.05, 4.69) is 15.4 Å². The monoisotopic (exact) mass is 387 g/mol. The number of nitrogens with zero attached hydrogens (tertiary/aromatic N) is 4. The molecule has 2 aromatic heterocycles. The van der Waals surface area contributed by atoms with Gasteiger partial charge in [-0.3, -0.25) is 14.2 Å². The fraction of sp³-hybridized carbons (Fsp3) is 0.182. The van der Waals surface area contributed by atoms with Crippen LogP contribution >= 0.6 is 0 Å². The summed E-state index contributed by atoms with van der Waals surface area (Å²) in [5, 5.41) is 7.63. The van der Waals surface area contributed by atoms with E-state index in [0.29, 0.717) is 11.0 Å². The molecule has 4 rings (SSSR count). The number of benzene rings is 2. The Hall–Kier alpha value is -3.74. The highest BCUT2D eigenvalue weighted by Gasteiger charge is 2.12. The molecule has 0 radical (unpaired) electrons. The molecule has 0 aliphatic rings. The molecule has 4 aromatic rings. The van der Waals surface area contributed by atoms with E-state index in [1.54, 1.807) is 4.68 Å². The highest BCUT2D eigenvalue weighted by molar-refractivity contribution is 5.91. The lowest BCUT2D eigenvalue weighted by atomic mass is 10.1. The number of hydrogen-bond donors (Lipinski definition) is 1. The smallest absolute Gasteiger partial charge is 0.264 e. The van der Waals surface area contributed by atoms with Gasteiger partial charge in [0, 0.05) is 18.7 Å². The molecule has 0 aliphatic carbocycles. The van der Waals surface area contributed by atoms with E-state index in [0.717, 1.165) is 22.5 Å². The third-order valence-corrected chi connectivity index (χ3v) is 4.80. The molecule has 0 bridgehead atoms. The number of carbonyl (C=O) groups is 1. The average molecular weight is 387 g/mol. The summed E-state index contributed by atoms with van der Waals surface area (Å²) >= 11 is 0. The van der Waals surface area contributed by atoms with Gasteiger partial charge < -0.3 is 5.32 Å². The van der Waals surface area contributed by atoms with Gasteiger partial charge in [0.05, 0.1) is 18.2 Å². The van der Waals surface area contributed by atoms with Crippen molar-refractivity contribution >= 4 is 22.6 Å². The molecule has 0 atom stereocenters. The van der Waals surface area contributed by atoms with Crippen LogP contribution in [0, 0.1) is 13.8 Å². The molecule has 0 saturated heterocycles. The third-order valence-electron chi connectivity index (χ3n) is 4.80. The van der Waals surface area contributed by atoms with Crippen molar-refractivity contribution in [1.82, 2.24) is 19.3 Å². The molecule has 0 fully saturated rings. The molecule has 0 saturated carbocycles. The molecule has 7 heteroatoms. The van der Waals surface area contributed by atoms with Gasteiger partial charge in [-0.2, -0.15) is 5.10 Å². The second-order valence-electron chi connectivity index (χ2n) is 6.99. The first-order chi connectivity index (χ1) is 14.0. The van der Waals surface area contributed by atoms with Crippen molar-refractivity contribution in [2.45, 2.75) is 26.8 Å². The number of amides is 1. The van der Waals surface area contributed by atoms with Gasteiger partial charge in [-0.25, -0.2) is 9.67 Å². The Morgan fingerprint density at radius 1 is 1.10 bits per heavy atom. The van der Waals surface area contributed by atoms with Crippen molar-refractivity contribution in [2.75, 3.05) is 5.32 Å². The SMILES string of the molecule is Cc1ccc(C)c(NC(=O)CCn2cnc3c(cnn3-c3ccccc3)c2=O)c1. The predicted molar refractivity (Wildman–Crippen MR) is 112 cm³/mol. The van der Waals surface area contributed by atoms with Gasteiger partial charge in [0.25, 0.3) is 5.56 Å². The summed E-state index contributed by atoms with van der Waals surface area (Å²) in [6.07, 6.45) is 3.16. The zero-order valence-electron chi connectivity index (χ0n) is 16.3. The lowest BCUT2D eigenvalue weighted by molar-refractivity contribution is -0.116. The summed E-state index contributed by atoms with van der Waals surface area (Å²) in [6, 6.07) is 15.4. The predicted octanol–water partition coefficient (Wildman–Crippen LogP) is 3.23. The van der Waals surface area contributed by atoms with Crippen LogP contribution < -0.4 is 10.9 Å². The van der Waals surface area contributed by atoms with Crippen LogP contribution in [0.4, 0.5) is 5.69 Å². The summed E-state index contributed by atoms with van der Waals surface area (Å²) < 4.78 is 3.08. The summed E-state index contributed by atoms with van der Waals surface area (Å²) in [6.45, 7) is 4.17. The van der Waals surface area contributed by atoms with Crippen LogP contribution in [0.1, 0.15) is 17.5 Å². The van der Waals surface area contributed by atoms with E-state index in [9.17, 15) is 9.59 Å². The highest BCUT2D eigenvalue weighted by Crippen LogP contribution is 2.17. The van der Waals surface area contributed by atoms with Gasteiger partial charge in [0.15, 0.2) is 5.65 Å². The number of fused-ring (bicyclic) bond motifs is 1. The minimum absolute atomic E-state index is 0.148. The zero-order valence-corrected chi connectivity index (χ0v) is 16.3. The maximum absolute atomic E-state index is 12.8. The standard InChI is InChI=1S/C22H21N5O2/c1-15-8-9-16(2)19(12-15)25-20(28)10-11-26-14-23-21-18(22(26)29)13-24-27(21)17-6-4-3-5-7-17/h3-9,12-14H,10-11H2,1-2H3,(H,25,28). The van der Waals surface area contributed by atoms with Gasteiger partial charge in [0.1, 0.15) is 5.39 Å². The first kappa shape index (κ1) is 18.6. The van der Waals surface area contributed by atoms with E-state index in [4.69, 9.17) is 0 Å². The molecule has 0 unspecified atom stereocenters. The van der Waals surface area contributed by atoms with Gasteiger partial charge >= 0.3 is 0 Å². The normalized spacial score (nSPS) is 11.0. The van der Waals surface area contributed by atoms with Crippen LogP contribution in [0.3, 0.4) is 0 Å². The first-order valence-electron chi connectivity index (χ1n) is 9.38. The van der Waals surface area contributed by atoms with Crippen LogP contribution in [0.2, 0.25) is 0 Å². The Kier molecular flexibility index (Phi) is 4.95. The minimum Gasteiger partial charge on any atom is -0.326 e. The van der Waals surface area contributed by atoms with Crippen molar-refractivity contribution in [3.8, 4) is 5.69 Å². The van der Waals surface area contributed by atoms with Crippen molar-refractivity contribution in [3.05, 3.63) is 82.5 Å². The fourth-order valence-electron chi connectivity index (χ4n) is 3.17. The number of anilines is 1. The average Bonchev–Trinajstić information content (AvgIpc) is 3.16. The number of aromatic nitrogens is 4. The third kappa shape index (κ3) is 3.80. The largest absolute Gasteiger partial charge is 0.326 e. The molecule has 7 nitrogen and oxygen atoms in total. The Morgan fingerprint density at radius 2 is 1.90 bits per heavy atom. The van der Waals surface area contributed by atoms with Crippen molar-refractivity contribution < 1.29 is 4.79 Å². The van der Waals surface area contributed by atoms with Crippen molar-refractivity contribution in [2.24, 2.45) is 0 Å². The van der Waals surface area contributed by atoms with E-state index < -0.39 is 0 Å². The lowest BCUT2D eigenvalue weighted by Crippen LogP contribution is -2.23. The van der Waals surface area contributed by atoms with Gasteiger partial charge in [-0.1, -0.05) is 30.3 Å². The molecule has 0 spiro atoms. The number of nitrogens with one attached hydrogen (secondary N) is 1. The quantitative estimate of drug-likeness (QED) is 0.570. The summed E-state index contributed by atoms with van der Waals surface area (Å²) in [4.78, 5) is 29.5. The van der Waals surface area contributed by atoms with Gasteiger partial charge in [-0.05, 0) is 43.2 Å². The molecule has 146 valence electrons. The number of para-hydroxylation sites is 1. The van der Waals surface area contributed by atoms with Crippen LogP contribution in [-0.2, 0) is 11.3 Å². The van der Waals surface area contributed by atoms with Crippen LogP contribution in [-0.4, -0.2) is 25.2 Å². The summed E-state index contributed by atoms with van der Waals surface area (Å²) in [5.41, 5.74) is 3.99. The molecule has 2 heterocycles. The molecule has 2 aromatic carbocycles. The van der Waals surface area contributed by atoms with Crippen LogP contribution in [0.25, 0.3) is 16.7 Å². The fourth-order valence-corrected chi connectivity index (χ4v) is 3.17. The van der Waals surface area contributed by atoms with Crippen LogP contribution in [0.15, 0.2) is 65.8 Å². The van der Waals surface area contributed by atoms with E-state index >= 15 is 0 Å². The molecule has 29 heavy (non-hydrogen) atoms. The van der Waals surface area contributed by atoms with E-state index in [1.165, 1.54) is 17.1 Å². The summed E-state index contributed by atoms with van der Waals surface area (Å²) in [7, 11) is 0. The Labute approximate surface area is 167 Å². The molecule has 1 N–H and O–H groups in total. The maximum Gasteiger partial charge on any atom is 0.264 e. The van der Waals surface area contributed by atoms with Gasteiger partial charge in [-0.15, -0.1) is 0 Å². The highest BCUT2D eigenvalue weighted by atomic mass is 16.2. The second kappa shape index (κ2) is 7.71. The van der Waals surface area contributed by atoms with Crippen LogP contribution in [0.5, 0.6) is 0 Å².